The first-order chi connectivity index (χ1) is 16.3. The molecule has 2 unspecified atom stereocenters. The number of rotatable bonds is 1. The Hall–Kier alpha value is -2.31. The van der Waals surface area contributed by atoms with E-state index in [1.54, 1.807) is 0 Å². The molecule has 5 heteroatoms. The summed E-state index contributed by atoms with van der Waals surface area (Å²) in [5.41, 5.74) is -0.0316. The van der Waals surface area contributed by atoms with Crippen molar-refractivity contribution in [3.05, 3.63) is 23.3 Å². The largest absolute Gasteiger partial charge is 0.295 e. The number of allylic oxidation sites excluding steroid dienone is 4. The molecule has 3 fully saturated rings. The molecule has 5 rings (SSSR count). The summed E-state index contributed by atoms with van der Waals surface area (Å²) < 4.78 is 0. The standard InChI is InChI=1S/C30H38N2O3/c1-18-20-7-8-28(5)23(27(20,4)14-19(16-31)25(18)35)13-22(34)24-21-15-26(2,3)9-11-30(21,32-17-33)12-10-29(24,28)6/h13-14,18,20-21,24H,7-12,15H2,1-6H3/t18-,20-,21?,24?,27-,28+,29+,30-/m0/s1. The lowest BCUT2D eigenvalue weighted by Gasteiger charge is -2.68. The molecule has 0 bridgehead atoms. The number of isocyanates is 1. The molecule has 5 aliphatic rings. The molecule has 0 aliphatic heterocycles. The van der Waals surface area contributed by atoms with Gasteiger partial charge in [-0.3, -0.25) is 9.59 Å². The Balaban J connectivity index is 1.69. The van der Waals surface area contributed by atoms with E-state index >= 15 is 0 Å². The average molecular weight is 475 g/mol. The van der Waals surface area contributed by atoms with Crippen LogP contribution in [0, 0.1) is 56.7 Å². The maximum absolute atomic E-state index is 14.2. The summed E-state index contributed by atoms with van der Waals surface area (Å²) in [6, 6.07) is 2.14. The highest BCUT2D eigenvalue weighted by Gasteiger charge is 2.69. The van der Waals surface area contributed by atoms with E-state index in [4.69, 9.17) is 0 Å². The zero-order valence-corrected chi connectivity index (χ0v) is 22.0. The smallest absolute Gasteiger partial charge is 0.235 e. The van der Waals surface area contributed by atoms with Gasteiger partial charge in [0.05, 0.1) is 11.1 Å². The summed E-state index contributed by atoms with van der Waals surface area (Å²) in [6.07, 6.45) is 11.8. The summed E-state index contributed by atoms with van der Waals surface area (Å²) in [4.78, 5) is 43.0. The highest BCUT2D eigenvalue weighted by atomic mass is 16.1. The van der Waals surface area contributed by atoms with Gasteiger partial charge in [-0.05, 0) is 79.1 Å². The third kappa shape index (κ3) is 2.99. The van der Waals surface area contributed by atoms with Crippen molar-refractivity contribution in [1.29, 1.82) is 5.26 Å². The van der Waals surface area contributed by atoms with Gasteiger partial charge in [-0.1, -0.05) is 53.2 Å². The van der Waals surface area contributed by atoms with Crippen LogP contribution >= 0.6 is 0 Å². The van der Waals surface area contributed by atoms with Crippen LogP contribution in [0.1, 0.15) is 86.5 Å². The van der Waals surface area contributed by atoms with Gasteiger partial charge in [0, 0.05) is 17.3 Å². The summed E-state index contributed by atoms with van der Waals surface area (Å²) in [5.74, 6) is -0.226. The SMILES string of the molecule is C[C@@H]1C(=O)C(C#N)=C[C@]2(C)C3=CC(=O)C4C5CC(C)(C)CC[C@]5(N=C=O)CC[C@@]4(C)[C@]3(C)CC[C@@H]12. The van der Waals surface area contributed by atoms with E-state index in [0.29, 0.717) is 0 Å². The minimum atomic E-state index is -0.490. The van der Waals surface area contributed by atoms with Gasteiger partial charge in [0.25, 0.3) is 0 Å². The molecule has 8 atom stereocenters. The second-order valence-corrected chi connectivity index (χ2v) is 13.7. The van der Waals surface area contributed by atoms with Crippen molar-refractivity contribution < 1.29 is 14.4 Å². The van der Waals surface area contributed by atoms with E-state index in [1.165, 1.54) is 0 Å². The number of aliphatic imine (C=N–C) groups is 1. The first kappa shape index (κ1) is 24.4. The summed E-state index contributed by atoms with van der Waals surface area (Å²) in [7, 11) is 0. The Morgan fingerprint density at radius 2 is 1.69 bits per heavy atom. The third-order valence-corrected chi connectivity index (χ3v) is 11.7. The van der Waals surface area contributed by atoms with E-state index in [9.17, 15) is 19.6 Å². The Bertz CT molecular complexity index is 1170. The van der Waals surface area contributed by atoms with E-state index in [1.807, 2.05) is 25.2 Å². The molecule has 3 saturated carbocycles. The second kappa shape index (κ2) is 7.36. The van der Waals surface area contributed by atoms with Crippen molar-refractivity contribution in [3.63, 3.8) is 0 Å². The molecule has 0 saturated heterocycles. The van der Waals surface area contributed by atoms with Crippen molar-refractivity contribution in [1.82, 2.24) is 0 Å². The van der Waals surface area contributed by atoms with Crippen LogP contribution in [0.25, 0.3) is 0 Å². The first-order valence-corrected chi connectivity index (χ1v) is 13.3. The molecular weight excluding hydrogens is 436 g/mol. The molecule has 35 heavy (non-hydrogen) atoms. The normalized spacial score (nSPS) is 48.0. The van der Waals surface area contributed by atoms with Crippen LogP contribution in [0.2, 0.25) is 0 Å². The van der Waals surface area contributed by atoms with Crippen LogP contribution in [0.4, 0.5) is 0 Å². The fourth-order valence-electron chi connectivity index (χ4n) is 9.51. The molecule has 0 amide bonds. The van der Waals surface area contributed by atoms with Gasteiger partial charge >= 0.3 is 0 Å². The molecule has 186 valence electrons. The molecule has 0 aromatic heterocycles. The number of fused-ring (bicyclic) bond motifs is 7. The maximum Gasteiger partial charge on any atom is 0.235 e. The lowest BCUT2D eigenvalue weighted by molar-refractivity contribution is -0.155. The highest BCUT2D eigenvalue weighted by Crippen LogP contribution is 2.72. The maximum atomic E-state index is 14.2. The van der Waals surface area contributed by atoms with E-state index < -0.39 is 11.0 Å². The molecule has 0 aromatic carbocycles. The fourth-order valence-corrected chi connectivity index (χ4v) is 9.51. The minimum Gasteiger partial charge on any atom is -0.295 e. The number of Topliss-reactive ketones (excluding diaryl/α,β-unsaturated/α-hetero) is 1. The van der Waals surface area contributed by atoms with Gasteiger partial charge in [0.2, 0.25) is 6.08 Å². The molecule has 0 spiro atoms. The third-order valence-electron chi connectivity index (χ3n) is 11.7. The van der Waals surface area contributed by atoms with Crippen LogP contribution < -0.4 is 0 Å². The van der Waals surface area contributed by atoms with Crippen molar-refractivity contribution in [3.8, 4) is 6.07 Å². The highest BCUT2D eigenvalue weighted by molar-refractivity contribution is 6.02. The Morgan fingerprint density at radius 3 is 2.34 bits per heavy atom. The van der Waals surface area contributed by atoms with Crippen molar-refractivity contribution in [2.24, 2.45) is 50.3 Å². The van der Waals surface area contributed by atoms with Crippen LogP contribution in [-0.2, 0) is 14.4 Å². The molecule has 5 nitrogen and oxygen atoms in total. The van der Waals surface area contributed by atoms with Gasteiger partial charge in [0.1, 0.15) is 6.07 Å². The first-order valence-electron chi connectivity index (χ1n) is 13.3. The number of carbonyl (C=O) groups excluding carboxylic acids is 3. The van der Waals surface area contributed by atoms with Crippen molar-refractivity contribution in [2.45, 2.75) is 92.0 Å². The van der Waals surface area contributed by atoms with Crippen LogP contribution in [-0.4, -0.2) is 23.2 Å². The molecule has 0 N–H and O–H groups in total. The van der Waals surface area contributed by atoms with Gasteiger partial charge in [-0.25, -0.2) is 4.79 Å². The van der Waals surface area contributed by atoms with Gasteiger partial charge in [-0.15, -0.1) is 0 Å². The molecule has 0 aromatic rings. The van der Waals surface area contributed by atoms with E-state index in [-0.39, 0.29) is 57.1 Å². The molecule has 5 aliphatic carbocycles. The molecule has 0 heterocycles. The number of nitriles is 1. The number of nitrogens with zero attached hydrogens (tertiary/aromatic N) is 2. The number of carbonyl (C=O) groups is 2. The Morgan fingerprint density at radius 1 is 1.00 bits per heavy atom. The summed E-state index contributed by atoms with van der Waals surface area (Å²) in [6.45, 7) is 13.3. The predicted octanol–water partition coefficient (Wildman–Crippen LogP) is 5.90. The molecular formula is C30H38N2O3. The van der Waals surface area contributed by atoms with Crippen LogP contribution in [0.15, 0.2) is 28.3 Å². The van der Waals surface area contributed by atoms with Gasteiger partial charge in [-0.2, -0.15) is 10.3 Å². The number of ketones is 2. The lowest BCUT2D eigenvalue weighted by Crippen LogP contribution is -2.65. The van der Waals surface area contributed by atoms with Crippen molar-refractivity contribution >= 4 is 17.6 Å². The van der Waals surface area contributed by atoms with Gasteiger partial charge in [0.15, 0.2) is 11.6 Å². The monoisotopic (exact) mass is 474 g/mol. The number of hydrogen-bond acceptors (Lipinski definition) is 5. The van der Waals surface area contributed by atoms with Crippen molar-refractivity contribution in [2.75, 3.05) is 0 Å². The Kier molecular flexibility index (Phi) is 5.13. The lowest BCUT2D eigenvalue weighted by atomic mass is 9.36. The zero-order valence-electron chi connectivity index (χ0n) is 22.0. The van der Waals surface area contributed by atoms with Crippen LogP contribution in [0.5, 0.6) is 0 Å². The second-order valence-electron chi connectivity index (χ2n) is 13.7. The molecule has 0 radical (unpaired) electrons. The predicted molar refractivity (Wildman–Crippen MR) is 133 cm³/mol. The Labute approximate surface area is 209 Å². The fraction of sp³-hybridized carbons (Fsp3) is 0.733. The number of hydrogen-bond donors (Lipinski definition) is 0. The average Bonchev–Trinajstić information content (AvgIpc) is 2.79. The quantitative estimate of drug-likeness (QED) is 0.349. The zero-order chi connectivity index (χ0) is 25.6. The summed E-state index contributed by atoms with van der Waals surface area (Å²) >= 11 is 0. The topological polar surface area (TPSA) is 87.4 Å². The minimum absolute atomic E-state index is 0.0242. The van der Waals surface area contributed by atoms with E-state index in [0.717, 1.165) is 50.5 Å². The van der Waals surface area contributed by atoms with E-state index in [2.05, 4.69) is 45.7 Å². The van der Waals surface area contributed by atoms with Crippen LogP contribution in [0.3, 0.4) is 0 Å². The van der Waals surface area contributed by atoms with Gasteiger partial charge < -0.3 is 0 Å². The summed E-state index contributed by atoms with van der Waals surface area (Å²) in [5, 5.41) is 9.72.